The third-order valence-electron chi connectivity index (χ3n) is 3.14. The minimum atomic E-state index is -3.85. The first kappa shape index (κ1) is 18.5. The topological polar surface area (TPSA) is 84.0 Å². The molecule has 1 unspecified atom stereocenters. The van der Waals surface area contributed by atoms with Crippen LogP contribution in [0.2, 0.25) is 0 Å². The molecule has 22 heavy (non-hydrogen) atoms. The first-order valence-corrected chi connectivity index (χ1v) is 8.59. The number of esters is 1. The SMILES string of the molecule is C=CS(=O)(=O)N1CCN(C(C(=O)OC(C)(C)C)C(C)C)C1=O. The largest absolute Gasteiger partial charge is 0.458 e. The lowest BCUT2D eigenvalue weighted by atomic mass is 10.0. The Labute approximate surface area is 132 Å². The number of hydrogen-bond donors (Lipinski definition) is 0. The van der Waals surface area contributed by atoms with Crippen molar-refractivity contribution in [1.82, 2.24) is 9.21 Å². The Kier molecular flexibility index (Phi) is 5.27. The van der Waals surface area contributed by atoms with Gasteiger partial charge in [-0.05, 0) is 26.7 Å². The smallest absolute Gasteiger partial charge is 0.334 e. The molecule has 1 fully saturated rings. The molecular weight excluding hydrogens is 308 g/mol. The highest BCUT2D eigenvalue weighted by Gasteiger charge is 2.43. The number of ether oxygens (including phenoxy) is 1. The van der Waals surface area contributed by atoms with Crippen LogP contribution >= 0.6 is 0 Å². The summed E-state index contributed by atoms with van der Waals surface area (Å²) in [7, 11) is -3.85. The molecule has 0 radical (unpaired) electrons. The zero-order chi connectivity index (χ0) is 17.3. The minimum absolute atomic E-state index is 0.000789. The monoisotopic (exact) mass is 332 g/mol. The third kappa shape index (κ3) is 4.00. The number of sulfonamides is 1. The maximum atomic E-state index is 12.4. The molecule has 0 aromatic heterocycles. The van der Waals surface area contributed by atoms with E-state index in [2.05, 4.69) is 6.58 Å². The van der Waals surface area contributed by atoms with Gasteiger partial charge in [0.2, 0.25) is 0 Å². The third-order valence-corrected chi connectivity index (χ3v) is 4.51. The fourth-order valence-corrected chi connectivity index (χ4v) is 3.08. The van der Waals surface area contributed by atoms with Crippen molar-refractivity contribution in [3.8, 4) is 0 Å². The molecular formula is C14H24N2O5S. The zero-order valence-corrected chi connectivity index (χ0v) is 14.5. The molecule has 8 heteroatoms. The van der Waals surface area contributed by atoms with E-state index in [1.54, 1.807) is 34.6 Å². The van der Waals surface area contributed by atoms with Crippen LogP contribution in [0.15, 0.2) is 12.0 Å². The number of rotatable bonds is 5. The van der Waals surface area contributed by atoms with E-state index < -0.39 is 33.7 Å². The summed E-state index contributed by atoms with van der Waals surface area (Å²) in [5, 5.41) is 0.728. The summed E-state index contributed by atoms with van der Waals surface area (Å²) in [4.78, 5) is 25.9. The number of nitrogens with zero attached hydrogens (tertiary/aromatic N) is 2. The van der Waals surface area contributed by atoms with Gasteiger partial charge in [-0.1, -0.05) is 20.4 Å². The van der Waals surface area contributed by atoms with Gasteiger partial charge in [0.05, 0.1) is 6.54 Å². The highest BCUT2D eigenvalue weighted by atomic mass is 32.2. The van der Waals surface area contributed by atoms with E-state index in [0.717, 1.165) is 9.71 Å². The molecule has 1 aliphatic heterocycles. The van der Waals surface area contributed by atoms with E-state index in [-0.39, 0.29) is 19.0 Å². The Balaban J connectivity index is 3.03. The molecule has 1 atom stereocenters. The van der Waals surface area contributed by atoms with Crippen molar-refractivity contribution in [1.29, 1.82) is 0 Å². The van der Waals surface area contributed by atoms with Gasteiger partial charge in [-0.15, -0.1) is 0 Å². The molecule has 1 heterocycles. The highest BCUT2D eigenvalue weighted by molar-refractivity contribution is 7.92. The van der Waals surface area contributed by atoms with Gasteiger partial charge in [-0.25, -0.2) is 22.3 Å². The van der Waals surface area contributed by atoms with Crippen molar-refractivity contribution in [2.45, 2.75) is 46.3 Å². The Hall–Kier alpha value is -1.57. The molecule has 0 saturated carbocycles. The van der Waals surface area contributed by atoms with Gasteiger partial charge in [0.1, 0.15) is 11.6 Å². The second-order valence-corrected chi connectivity index (χ2v) is 8.29. The molecule has 0 aromatic carbocycles. The second-order valence-electron chi connectivity index (χ2n) is 6.48. The summed E-state index contributed by atoms with van der Waals surface area (Å²) in [5.41, 5.74) is -0.681. The quantitative estimate of drug-likeness (QED) is 0.713. The first-order valence-electron chi connectivity index (χ1n) is 7.09. The van der Waals surface area contributed by atoms with E-state index in [1.165, 1.54) is 4.90 Å². The summed E-state index contributed by atoms with van der Waals surface area (Å²) in [5.74, 6) is -0.737. The summed E-state index contributed by atoms with van der Waals surface area (Å²) < 4.78 is 29.7. The van der Waals surface area contributed by atoms with Crippen molar-refractivity contribution in [2.24, 2.45) is 5.92 Å². The van der Waals surface area contributed by atoms with Gasteiger partial charge in [-0.3, -0.25) is 0 Å². The maximum absolute atomic E-state index is 12.4. The molecule has 126 valence electrons. The molecule has 0 N–H and O–H groups in total. The van der Waals surface area contributed by atoms with E-state index >= 15 is 0 Å². The maximum Gasteiger partial charge on any atom is 0.334 e. The van der Waals surface area contributed by atoms with Gasteiger partial charge in [0.15, 0.2) is 0 Å². The van der Waals surface area contributed by atoms with Crippen LogP contribution in [0.3, 0.4) is 0 Å². The molecule has 0 spiro atoms. The van der Waals surface area contributed by atoms with E-state index in [0.29, 0.717) is 0 Å². The predicted octanol–water partition coefficient (Wildman–Crippen LogP) is 1.56. The van der Waals surface area contributed by atoms with Crippen LogP contribution in [0.25, 0.3) is 0 Å². The zero-order valence-electron chi connectivity index (χ0n) is 13.7. The van der Waals surface area contributed by atoms with Crippen molar-refractivity contribution in [3.05, 3.63) is 12.0 Å². The lowest BCUT2D eigenvalue weighted by molar-refractivity contribution is -0.161. The second kappa shape index (κ2) is 6.28. The van der Waals surface area contributed by atoms with Crippen molar-refractivity contribution < 1.29 is 22.7 Å². The van der Waals surface area contributed by atoms with Crippen LogP contribution in [0, 0.1) is 5.92 Å². The molecule has 0 aromatic rings. The Morgan fingerprint density at radius 3 is 2.27 bits per heavy atom. The van der Waals surface area contributed by atoms with Crippen LogP contribution in [0.4, 0.5) is 4.79 Å². The predicted molar refractivity (Wildman–Crippen MR) is 82.4 cm³/mol. The van der Waals surface area contributed by atoms with E-state index in [1.807, 2.05) is 0 Å². The van der Waals surface area contributed by atoms with Crippen LogP contribution < -0.4 is 0 Å². The number of hydrogen-bond acceptors (Lipinski definition) is 5. The van der Waals surface area contributed by atoms with Crippen LogP contribution in [0.1, 0.15) is 34.6 Å². The van der Waals surface area contributed by atoms with Gasteiger partial charge in [0.25, 0.3) is 10.0 Å². The number of urea groups is 1. The first-order chi connectivity index (χ1) is 9.90. The van der Waals surface area contributed by atoms with E-state index in [9.17, 15) is 18.0 Å². The summed E-state index contributed by atoms with van der Waals surface area (Å²) in [6.45, 7) is 12.1. The normalized spacial score (nSPS) is 17.8. The summed E-state index contributed by atoms with van der Waals surface area (Å²) in [6, 6.07) is -1.54. The van der Waals surface area contributed by atoms with Gasteiger partial charge >= 0.3 is 12.0 Å². The lowest BCUT2D eigenvalue weighted by Gasteiger charge is -2.31. The average molecular weight is 332 g/mol. The standard InChI is InChI=1S/C14H24N2O5S/c1-7-22(19,20)16-9-8-15(13(16)18)11(10(2)3)12(17)21-14(4,5)6/h7,10-11H,1,8-9H2,2-6H3. The Bertz CT molecular complexity index is 562. The number of carbonyl (C=O) groups is 2. The van der Waals surface area contributed by atoms with Gasteiger partial charge in [0, 0.05) is 12.0 Å². The van der Waals surface area contributed by atoms with Gasteiger partial charge < -0.3 is 9.64 Å². The van der Waals surface area contributed by atoms with Gasteiger partial charge in [-0.2, -0.15) is 0 Å². The molecule has 0 aliphatic carbocycles. The molecule has 0 bridgehead atoms. The molecule has 1 saturated heterocycles. The van der Waals surface area contributed by atoms with Crippen LogP contribution in [-0.2, 0) is 19.6 Å². The Morgan fingerprint density at radius 2 is 1.86 bits per heavy atom. The van der Waals surface area contributed by atoms with E-state index in [4.69, 9.17) is 4.74 Å². The number of carbonyl (C=O) groups excluding carboxylic acids is 2. The van der Waals surface area contributed by atoms with Crippen molar-refractivity contribution >= 4 is 22.0 Å². The van der Waals surface area contributed by atoms with Crippen molar-refractivity contribution in [3.63, 3.8) is 0 Å². The minimum Gasteiger partial charge on any atom is -0.458 e. The van der Waals surface area contributed by atoms with Crippen LogP contribution in [-0.4, -0.2) is 54.4 Å². The molecule has 1 rings (SSSR count). The fraction of sp³-hybridized carbons (Fsp3) is 0.714. The summed E-state index contributed by atoms with van der Waals surface area (Å²) >= 11 is 0. The highest BCUT2D eigenvalue weighted by Crippen LogP contribution is 2.23. The molecule has 1 aliphatic rings. The van der Waals surface area contributed by atoms with Crippen LogP contribution in [0.5, 0.6) is 0 Å². The lowest BCUT2D eigenvalue weighted by Crippen LogP contribution is -2.49. The Morgan fingerprint density at radius 1 is 1.32 bits per heavy atom. The summed E-state index contributed by atoms with van der Waals surface area (Å²) in [6.07, 6.45) is 0. The molecule has 7 nitrogen and oxygen atoms in total. The molecule has 2 amide bonds. The average Bonchev–Trinajstić information content (AvgIpc) is 2.69. The number of amides is 2. The van der Waals surface area contributed by atoms with Crippen molar-refractivity contribution in [2.75, 3.05) is 13.1 Å². The fourth-order valence-electron chi connectivity index (χ4n) is 2.24.